The second-order valence-electron chi connectivity index (χ2n) is 10.7. The quantitative estimate of drug-likeness (QED) is 0.392. The van der Waals surface area contributed by atoms with Gasteiger partial charge in [0.1, 0.15) is 11.5 Å². The largest absolute Gasteiger partial charge is 0.494 e. The average molecular weight is 531 g/mol. The van der Waals surface area contributed by atoms with Crippen LogP contribution in [0.1, 0.15) is 57.2 Å². The molecule has 1 saturated carbocycles. The van der Waals surface area contributed by atoms with Gasteiger partial charge in [0.25, 0.3) is 5.91 Å². The number of methoxy groups -OCH3 is 1. The molecule has 1 N–H and O–H groups in total. The molecule has 0 atom stereocenters. The molecule has 1 aromatic carbocycles. The first-order valence-corrected chi connectivity index (χ1v) is 13.0. The van der Waals surface area contributed by atoms with E-state index in [0.717, 1.165) is 18.7 Å². The van der Waals surface area contributed by atoms with E-state index in [0.29, 0.717) is 23.8 Å². The highest BCUT2D eigenvalue weighted by Gasteiger charge is 2.49. The molecule has 6 rings (SSSR count). The third kappa shape index (κ3) is 4.67. The second kappa shape index (κ2) is 9.57. The highest BCUT2D eigenvalue weighted by molar-refractivity contribution is 5.92. The maximum atomic E-state index is 15.2. The van der Waals surface area contributed by atoms with Gasteiger partial charge >= 0.3 is 0 Å². The number of pyridine rings is 1. The highest BCUT2D eigenvalue weighted by atomic mass is 19.1. The Balaban J connectivity index is 1.19. The summed E-state index contributed by atoms with van der Waals surface area (Å²) in [5, 5.41) is 10.8. The first-order chi connectivity index (χ1) is 18.8. The molecule has 1 aliphatic heterocycles. The second-order valence-corrected chi connectivity index (χ2v) is 10.7. The standard InChI is InChI=1S/C28H31FN8O2/c1-17-12-37(34-33-17)23-5-6-24(39-4)25(29)21(23)11-31-27(38)22-15-36(18(2)32-22)13-19-9-20-14-35(3)16-28(7-8-28)26(20)30-10-19/h5-6,9-10,12,15H,7-8,11,13-14,16H2,1-4H3,(H,31,38). The third-order valence-corrected chi connectivity index (χ3v) is 7.64. The fraction of sp³-hybridized carbons (Fsp3) is 0.393. The Morgan fingerprint density at radius 1 is 1.23 bits per heavy atom. The van der Waals surface area contributed by atoms with Gasteiger partial charge in [-0.15, -0.1) is 5.10 Å². The highest BCUT2D eigenvalue weighted by Crippen LogP contribution is 2.51. The van der Waals surface area contributed by atoms with Crippen LogP contribution < -0.4 is 10.1 Å². The summed E-state index contributed by atoms with van der Waals surface area (Å²) in [5.41, 5.74) is 5.50. The van der Waals surface area contributed by atoms with Gasteiger partial charge in [0.2, 0.25) is 0 Å². The molecule has 0 saturated heterocycles. The number of aryl methyl sites for hydroxylation is 2. The van der Waals surface area contributed by atoms with Crippen molar-refractivity contribution in [3.05, 3.63) is 82.2 Å². The van der Waals surface area contributed by atoms with Gasteiger partial charge in [-0.25, -0.2) is 14.1 Å². The van der Waals surface area contributed by atoms with Gasteiger partial charge in [-0.3, -0.25) is 9.78 Å². The first kappa shape index (κ1) is 25.2. The molecule has 10 nitrogen and oxygen atoms in total. The van der Waals surface area contributed by atoms with Crippen molar-refractivity contribution in [1.29, 1.82) is 0 Å². The van der Waals surface area contributed by atoms with Crippen LogP contribution in [0.5, 0.6) is 5.75 Å². The lowest BCUT2D eigenvalue weighted by molar-refractivity contribution is 0.0945. The number of nitrogens with zero attached hydrogens (tertiary/aromatic N) is 7. The van der Waals surface area contributed by atoms with Crippen molar-refractivity contribution < 1.29 is 13.9 Å². The number of fused-ring (bicyclic) bond motifs is 2. The number of aromatic nitrogens is 6. The van der Waals surface area contributed by atoms with Crippen molar-refractivity contribution in [2.45, 2.75) is 51.7 Å². The molecule has 4 heterocycles. The zero-order chi connectivity index (χ0) is 27.3. The van der Waals surface area contributed by atoms with E-state index in [1.807, 2.05) is 17.7 Å². The molecule has 39 heavy (non-hydrogen) atoms. The van der Waals surface area contributed by atoms with Gasteiger partial charge < -0.3 is 19.5 Å². The number of carbonyl (C=O) groups is 1. The smallest absolute Gasteiger partial charge is 0.271 e. The van der Waals surface area contributed by atoms with Crippen LogP contribution in [0.15, 0.2) is 36.8 Å². The van der Waals surface area contributed by atoms with Crippen LogP contribution in [0.2, 0.25) is 0 Å². The van der Waals surface area contributed by atoms with Crippen molar-refractivity contribution in [2.24, 2.45) is 0 Å². The van der Waals surface area contributed by atoms with Gasteiger partial charge in [-0.05, 0) is 63.1 Å². The molecule has 11 heteroatoms. The molecule has 1 spiro atoms. The van der Waals surface area contributed by atoms with E-state index in [-0.39, 0.29) is 29.0 Å². The summed E-state index contributed by atoms with van der Waals surface area (Å²) in [6, 6.07) is 5.44. The SMILES string of the molecule is COc1ccc(-n2cc(C)nn2)c(CNC(=O)c2cn(Cc3cnc4c(c3)CN(C)CC43CC3)c(C)n2)c1F. The minimum absolute atomic E-state index is 0.0774. The summed E-state index contributed by atoms with van der Waals surface area (Å²) >= 11 is 0. The Hall–Kier alpha value is -4.12. The number of likely N-dealkylation sites (N-methyl/N-ethyl adjacent to an activating group) is 1. The van der Waals surface area contributed by atoms with Gasteiger partial charge in [0, 0.05) is 43.0 Å². The van der Waals surface area contributed by atoms with E-state index in [9.17, 15) is 4.79 Å². The number of hydrogen-bond acceptors (Lipinski definition) is 7. The number of amides is 1. The van der Waals surface area contributed by atoms with Crippen molar-refractivity contribution in [1.82, 2.24) is 39.7 Å². The van der Waals surface area contributed by atoms with Crippen LogP contribution in [0, 0.1) is 19.7 Å². The lowest BCUT2D eigenvalue weighted by Gasteiger charge is -2.31. The molecule has 202 valence electrons. The summed E-state index contributed by atoms with van der Waals surface area (Å²) in [5.74, 6) is -0.179. The van der Waals surface area contributed by atoms with E-state index < -0.39 is 11.7 Å². The normalized spacial score (nSPS) is 15.8. The summed E-state index contributed by atoms with van der Waals surface area (Å²) in [6.07, 6.45) is 7.77. The van der Waals surface area contributed by atoms with Crippen molar-refractivity contribution >= 4 is 5.91 Å². The molecular formula is C28H31FN8O2. The van der Waals surface area contributed by atoms with E-state index in [2.05, 4.69) is 38.6 Å². The molecule has 1 aliphatic carbocycles. The zero-order valence-corrected chi connectivity index (χ0v) is 22.5. The van der Waals surface area contributed by atoms with Crippen LogP contribution in [0.25, 0.3) is 5.69 Å². The lowest BCUT2D eigenvalue weighted by atomic mass is 9.91. The number of hydrogen-bond donors (Lipinski definition) is 1. The summed E-state index contributed by atoms with van der Waals surface area (Å²) < 4.78 is 23.8. The summed E-state index contributed by atoms with van der Waals surface area (Å²) in [4.78, 5) is 24.8. The Kier molecular flexibility index (Phi) is 6.17. The van der Waals surface area contributed by atoms with Crippen LogP contribution >= 0.6 is 0 Å². The number of halogens is 1. The maximum absolute atomic E-state index is 15.2. The van der Waals surface area contributed by atoms with Crippen molar-refractivity contribution in [2.75, 3.05) is 20.7 Å². The van der Waals surface area contributed by atoms with Crippen LogP contribution in [0.3, 0.4) is 0 Å². The maximum Gasteiger partial charge on any atom is 0.271 e. The van der Waals surface area contributed by atoms with Gasteiger partial charge in [-0.1, -0.05) is 5.21 Å². The molecule has 0 unspecified atom stereocenters. The number of nitrogens with one attached hydrogen (secondary N) is 1. The van der Waals surface area contributed by atoms with Gasteiger partial charge in [0.05, 0.1) is 36.9 Å². The minimum Gasteiger partial charge on any atom is -0.494 e. The molecule has 3 aromatic heterocycles. The molecule has 2 aliphatic rings. The van der Waals surface area contributed by atoms with E-state index in [1.165, 1.54) is 42.0 Å². The van der Waals surface area contributed by atoms with Crippen molar-refractivity contribution in [3.63, 3.8) is 0 Å². The number of carbonyl (C=O) groups excluding carboxylic acids is 1. The topological polar surface area (TPSA) is 103 Å². The molecule has 1 fully saturated rings. The number of ether oxygens (including phenoxy) is 1. The number of rotatable bonds is 7. The summed E-state index contributed by atoms with van der Waals surface area (Å²) in [6.45, 7) is 6.11. The molecule has 0 bridgehead atoms. The molecule has 0 radical (unpaired) electrons. The van der Waals surface area contributed by atoms with Gasteiger partial charge in [-0.2, -0.15) is 0 Å². The predicted octanol–water partition coefficient (Wildman–Crippen LogP) is 3.08. The fourth-order valence-electron chi connectivity index (χ4n) is 5.56. The van der Waals surface area contributed by atoms with E-state index in [4.69, 9.17) is 9.72 Å². The van der Waals surface area contributed by atoms with E-state index in [1.54, 1.807) is 25.4 Å². The Labute approximate surface area is 225 Å². The number of imidazole rings is 1. The molecule has 1 amide bonds. The first-order valence-electron chi connectivity index (χ1n) is 13.0. The fourth-order valence-corrected chi connectivity index (χ4v) is 5.56. The van der Waals surface area contributed by atoms with Crippen LogP contribution in [-0.2, 0) is 25.0 Å². The Morgan fingerprint density at radius 3 is 2.77 bits per heavy atom. The Morgan fingerprint density at radius 2 is 2.05 bits per heavy atom. The van der Waals surface area contributed by atoms with Crippen LogP contribution in [-0.4, -0.2) is 61.0 Å². The third-order valence-electron chi connectivity index (χ3n) is 7.64. The monoisotopic (exact) mass is 530 g/mol. The predicted molar refractivity (Wildman–Crippen MR) is 141 cm³/mol. The van der Waals surface area contributed by atoms with Crippen LogP contribution in [0.4, 0.5) is 4.39 Å². The van der Waals surface area contributed by atoms with Crippen molar-refractivity contribution in [3.8, 4) is 11.4 Å². The molecular weight excluding hydrogens is 499 g/mol. The molecule has 4 aromatic rings. The lowest BCUT2D eigenvalue weighted by Crippen LogP contribution is -2.36. The minimum atomic E-state index is -0.566. The average Bonchev–Trinajstić information content (AvgIpc) is 3.36. The summed E-state index contributed by atoms with van der Waals surface area (Å²) in [7, 11) is 3.56. The Bertz CT molecular complexity index is 1570. The van der Waals surface area contributed by atoms with Gasteiger partial charge in [0.15, 0.2) is 11.6 Å². The number of benzene rings is 1. The zero-order valence-electron chi connectivity index (χ0n) is 22.5. The van der Waals surface area contributed by atoms with E-state index >= 15 is 4.39 Å².